The third-order valence-electron chi connectivity index (χ3n) is 2.35. The summed E-state index contributed by atoms with van der Waals surface area (Å²) in [5, 5.41) is 0. The SMILES string of the molecule is C=C(OCC)C(=O)Oc1ccc(I)c(OCCOCC)c1. The Morgan fingerprint density at radius 3 is 2.67 bits per heavy atom. The minimum atomic E-state index is -0.613. The molecule has 1 aromatic rings. The first-order valence-corrected chi connectivity index (χ1v) is 7.70. The van der Waals surface area contributed by atoms with Crippen molar-refractivity contribution in [3.8, 4) is 11.5 Å². The van der Waals surface area contributed by atoms with Gasteiger partial charge >= 0.3 is 5.97 Å². The Morgan fingerprint density at radius 1 is 1.24 bits per heavy atom. The van der Waals surface area contributed by atoms with Crippen LogP contribution in [0.2, 0.25) is 0 Å². The van der Waals surface area contributed by atoms with Crippen LogP contribution in [0.1, 0.15) is 13.8 Å². The summed E-state index contributed by atoms with van der Waals surface area (Å²) in [6, 6.07) is 5.15. The molecule has 21 heavy (non-hydrogen) atoms. The van der Waals surface area contributed by atoms with Gasteiger partial charge in [-0.05, 0) is 55.2 Å². The maximum Gasteiger partial charge on any atom is 0.378 e. The van der Waals surface area contributed by atoms with Crippen LogP contribution in [0.25, 0.3) is 0 Å². The maximum atomic E-state index is 11.7. The van der Waals surface area contributed by atoms with Crippen LogP contribution in [0, 0.1) is 3.57 Å². The number of ether oxygens (including phenoxy) is 4. The number of benzene rings is 1. The number of carbonyl (C=O) groups excluding carboxylic acids is 1. The van der Waals surface area contributed by atoms with E-state index in [1.807, 2.05) is 13.0 Å². The van der Waals surface area contributed by atoms with Gasteiger partial charge in [0.05, 0.1) is 16.8 Å². The zero-order valence-electron chi connectivity index (χ0n) is 12.2. The van der Waals surface area contributed by atoms with Crippen molar-refractivity contribution >= 4 is 28.6 Å². The van der Waals surface area contributed by atoms with Gasteiger partial charge in [-0.15, -0.1) is 0 Å². The average Bonchev–Trinajstić information content (AvgIpc) is 2.46. The number of esters is 1. The molecule has 0 N–H and O–H groups in total. The number of hydrogen-bond acceptors (Lipinski definition) is 5. The zero-order valence-corrected chi connectivity index (χ0v) is 14.3. The molecule has 5 nitrogen and oxygen atoms in total. The Bertz CT molecular complexity index is 487. The Kier molecular flexibility index (Phi) is 8.14. The fourth-order valence-electron chi connectivity index (χ4n) is 1.41. The number of carbonyl (C=O) groups is 1. The molecule has 1 rings (SSSR count). The lowest BCUT2D eigenvalue weighted by Crippen LogP contribution is -2.13. The van der Waals surface area contributed by atoms with Crippen LogP contribution >= 0.6 is 22.6 Å². The highest BCUT2D eigenvalue weighted by atomic mass is 127. The summed E-state index contributed by atoms with van der Waals surface area (Å²) in [6.07, 6.45) is 0. The van der Waals surface area contributed by atoms with Gasteiger partial charge in [-0.25, -0.2) is 4.79 Å². The van der Waals surface area contributed by atoms with E-state index in [2.05, 4.69) is 29.2 Å². The summed E-state index contributed by atoms with van der Waals surface area (Å²) in [4.78, 5) is 11.7. The van der Waals surface area contributed by atoms with Crippen LogP contribution in [-0.2, 0) is 14.3 Å². The zero-order chi connectivity index (χ0) is 15.7. The third-order valence-corrected chi connectivity index (χ3v) is 3.24. The minimum Gasteiger partial charge on any atom is -0.490 e. The smallest absolute Gasteiger partial charge is 0.378 e. The largest absolute Gasteiger partial charge is 0.490 e. The molecule has 0 radical (unpaired) electrons. The molecule has 0 aliphatic rings. The first-order chi connectivity index (χ1) is 10.1. The van der Waals surface area contributed by atoms with E-state index < -0.39 is 5.97 Å². The first kappa shape index (κ1) is 17.8. The van der Waals surface area contributed by atoms with Gasteiger partial charge in [-0.1, -0.05) is 0 Å². The maximum absolute atomic E-state index is 11.7. The molecule has 0 amide bonds. The summed E-state index contributed by atoms with van der Waals surface area (Å²) in [5.41, 5.74) is 0. The molecule has 0 aromatic heterocycles. The summed E-state index contributed by atoms with van der Waals surface area (Å²) in [7, 11) is 0. The highest BCUT2D eigenvalue weighted by Crippen LogP contribution is 2.26. The third kappa shape index (κ3) is 6.34. The van der Waals surface area contributed by atoms with Gasteiger partial charge < -0.3 is 18.9 Å². The summed E-state index contributed by atoms with van der Waals surface area (Å²) in [5.74, 6) is 0.392. The second-order valence-electron chi connectivity index (χ2n) is 3.88. The first-order valence-electron chi connectivity index (χ1n) is 6.62. The number of hydrogen-bond donors (Lipinski definition) is 0. The van der Waals surface area contributed by atoms with Crippen molar-refractivity contribution in [3.05, 3.63) is 34.1 Å². The van der Waals surface area contributed by atoms with E-state index in [9.17, 15) is 4.79 Å². The quantitative estimate of drug-likeness (QED) is 0.158. The average molecular weight is 406 g/mol. The number of halogens is 1. The van der Waals surface area contributed by atoms with E-state index >= 15 is 0 Å². The molecule has 1 aromatic carbocycles. The predicted molar refractivity (Wildman–Crippen MR) is 87.5 cm³/mol. The van der Waals surface area contributed by atoms with Gasteiger partial charge in [0.15, 0.2) is 5.76 Å². The Balaban J connectivity index is 2.63. The normalized spacial score (nSPS) is 10.0. The molecule has 0 unspecified atom stereocenters. The van der Waals surface area contributed by atoms with Crippen molar-refractivity contribution in [3.63, 3.8) is 0 Å². The summed E-state index contributed by atoms with van der Waals surface area (Å²) >= 11 is 2.15. The number of rotatable bonds is 9. The lowest BCUT2D eigenvalue weighted by atomic mass is 10.3. The van der Waals surface area contributed by atoms with Crippen molar-refractivity contribution in [1.29, 1.82) is 0 Å². The molecule has 0 heterocycles. The van der Waals surface area contributed by atoms with E-state index in [1.165, 1.54) is 0 Å². The fourth-order valence-corrected chi connectivity index (χ4v) is 1.90. The summed E-state index contributed by atoms with van der Waals surface area (Å²) in [6.45, 7) is 9.17. The standard InChI is InChI=1S/C15H19IO5/c1-4-18-8-9-20-14-10-12(6-7-13(14)16)21-15(17)11(3)19-5-2/h6-7,10H,3-5,8-9H2,1-2H3. The van der Waals surface area contributed by atoms with Gasteiger partial charge in [0.2, 0.25) is 0 Å². The molecule has 6 heteroatoms. The van der Waals surface area contributed by atoms with E-state index in [-0.39, 0.29) is 5.76 Å². The van der Waals surface area contributed by atoms with E-state index in [4.69, 9.17) is 18.9 Å². The Labute approximate surface area is 138 Å². The van der Waals surface area contributed by atoms with E-state index in [0.717, 1.165) is 3.57 Å². The molecule has 0 atom stereocenters. The summed E-state index contributed by atoms with van der Waals surface area (Å²) < 4.78 is 21.9. The lowest BCUT2D eigenvalue weighted by molar-refractivity contribution is -0.133. The highest BCUT2D eigenvalue weighted by Gasteiger charge is 2.12. The molecular weight excluding hydrogens is 387 g/mol. The Morgan fingerprint density at radius 2 is 2.00 bits per heavy atom. The van der Waals surface area contributed by atoms with Crippen molar-refractivity contribution < 1.29 is 23.7 Å². The molecule has 0 fully saturated rings. The van der Waals surface area contributed by atoms with Crippen molar-refractivity contribution in [2.24, 2.45) is 0 Å². The minimum absolute atomic E-state index is 0.0186. The van der Waals surface area contributed by atoms with Crippen LogP contribution in [-0.4, -0.2) is 32.4 Å². The van der Waals surface area contributed by atoms with Crippen LogP contribution in [0.4, 0.5) is 0 Å². The lowest BCUT2D eigenvalue weighted by Gasteiger charge is -2.11. The molecule has 0 bridgehead atoms. The van der Waals surface area contributed by atoms with Crippen LogP contribution in [0.15, 0.2) is 30.5 Å². The van der Waals surface area contributed by atoms with Crippen molar-refractivity contribution in [2.75, 3.05) is 26.4 Å². The van der Waals surface area contributed by atoms with Crippen molar-refractivity contribution in [2.45, 2.75) is 13.8 Å². The predicted octanol–water partition coefficient (Wildman–Crippen LogP) is 3.16. The Hall–Kier alpha value is -1.28. The fraction of sp³-hybridized carbons (Fsp3) is 0.400. The second kappa shape index (κ2) is 9.62. The van der Waals surface area contributed by atoms with Crippen molar-refractivity contribution in [1.82, 2.24) is 0 Å². The van der Waals surface area contributed by atoms with Gasteiger partial charge in [-0.2, -0.15) is 0 Å². The monoisotopic (exact) mass is 406 g/mol. The molecule has 0 aliphatic heterocycles. The van der Waals surface area contributed by atoms with Gasteiger partial charge in [0.1, 0.15) is 18.1 Å². The van der Waals surface area contributed by atoms with Crippen LogP contribution < -0.4 is 9.47 Å². The van der Waals surface area contributed by atoms with E-state index in [1.54, 1.807) is 19.1 Å². The van der Waals surface area contributed by atoms with Crippen LogP contribution in [0.5, 0.6) is 11.5 Å². The molecule has 116 valence electrons. The molecule has 0 saturated heterocycles. The topological polar surface area (TPSA) is 54.0 Å². The van der Waals surface area contributed by atoms with Gasteiger partial charge in [0, 0.05) is 12.7 Å². The van der Waals surface area contributed by atoms with E-state index in [0.29, 0.717) is 37.9 Å². The molecule has 0 spiro atoms. The second-order valence-corrected chi connectivity index (χ2v) is 5.05. The molecule has 0 saturated carbocycles. The highest BCUT2D eigenvalue weighted by molar-refractivity contribution is 14.1. The molecular formula is C15H19IO5. The van der Waals surface area contributed by atoms with Crippen LogP contribution in [0.3, 0.4) is 0 Å². The molecule has 0 aliphatic carbocycles. The van der Waals surface area contributed by atoms with Gasteiger partial charge in [0.25, 0.3) is 0 Å². The van der Waals surface area contributed by atoms with Gasteiger partial charge in [-0.3, -0.25) is 0 Å².